The molecule has 1 N–H and O–H groups in total. The second-order valence-corrected chi connectivity index (χ2v) is 7.57. The molecule has 0 aliphatic heterocycles. The molecule has 1 aromatic carbocycles. The molecular weight excluding hydrogens is 358 g/mol. The smallest absolute Gasteiger partial charge is 0.121 e. The number of thiophene rings is 1. The van der Waals surface area contributed by atoms with Crippen molar-refractivity contribution in [1.29, 1.82) is 0 Å². The molecule has 2 aromatic rings. The van der Waals surface area contributed by atoms with Gasteiger partial charge < -0.3 is 10.1 Å². The number of rotatable bonds is 6. The lowest BCUT2D eigenvalue weighted by Crippen LogP contribution is -2.40. The second-order valence-electron chi connectivity index (χ2n) is 4.59. The molecule has 0 radical (unpaired) electrons. The van der Waals surface area contributed by atoms with Crippen LogP contribution >= 0.6 is 38.9 Å². The molecule has 0 aliphatic rings. The van der Waals surface area contributed by atoms with E-state index in [-0.39, 0.29) is 12.1 Å². The maximum Gasteiger partial charge on any atom is 0.121 e. The highest BCUT2D eigenvalue weighted by Gasteiger charge is 2.18. The molecular formula is C15H17BrClNOS. The van der Waals surface area contributed by atoms with Crippen molar-refractivity contribution >= 4 is 38.9 Å². The number of hydrogen-bond donors (Lipinski definition) is 1. The van der Waals surface area contributed by atoms with Gasteiger partial charge >= 0.3 is 0 Å². The van der Waals surface area contributed by atoms with E-state index in [2.05, 4.69) is 40.3 Å². The van der Waals surface area contributed by atoms with Crippen LogP contribution in [0.1, 0.15) is 11.8 Å². The molecule has 0 saturated heterocycles. The first-order valence-electron chi connectivity index (χ1n) is 6.42. The zero-order valence-electron chi connectivity index (χ0n) is 11.4. The normalized spacial score (nSPS) is 14.0. The zero-order chi connectivity index (χ0) is 14.5. The molecule has 1 heterocycles. The lowest BCUT2D eigenvalue weighted by Gasteiger charge is -2.24. The highest BCUT2D eigenvalue weighted by Crippen LogP contribution is 2.25. The molecule has 20 heavy (non-hydrogen) atoms. The van der Waals surface area contributed by atoms with E-state index in [1.54, 1.807) is 11.3 Å². The molecule has 2 rings (SSSR count). The summed E-state index contributed by atoms with van der Waals surface area (Å²) in [5.74, 6) is 0.803. The Morgan fingerprint density at radius 3 is 2.75 bits per heavy atom. The molecule has 2 nitrogen and oxygen atoms in total. The van der Waals surface area contributed by atoms with E-state index >= 15 is 0 Å². The summed E-state index contributed by atoms with van der Waals surface area (Å²) in [7, 11) is 1.96. The number of likely N-dealkylation sites (N-methyl/N-ethyl adjacent to an activating group) is 1. The van der Waals surface area contributed by atoms with Crippen LogP contribution in [0, 0.1) is 0 Å². The third kappa shape index (κ3) is 4.48. The zero-order valence-corrected chi connectivity index (χ0v) is 14.6. The number of hydrogen-bond acceptors (Lipinski definition) is 3. The van der Waals surface area contributed by atoms with Gasteiger partial charge in [0.2, 0.25) is 0 Å². The third-order valence-corrected chi connectivity index (χ3v) is 4.99. The molecule has 0 fully saturated rings. The van der Waals surface area contributed by atoms with Gasteiger partial charge in [-0.1, -0.05) is 17.7 Å². The monoisotopic (exact) mass is 373 g/mol. The molecule has 0 saturated carbocycles. The van der Waals surface area contributed by atoms with Gasteiger partial charge in [0.05, 0.1) is 3.79 Å². The lowest BCUT2D eigenvalue weighted by molar-refractivity contribution is 0.174. The molecule has 1 aromatic heterocycles. The second kappa shape index (κ2) is 7.46. The SMILES string of the molecule is CNC(Cc1ccc(Br)s1)C(C)Oc1cccc(Cl)c1. The van der Waals surface area contributed by atoms with Crippen LogP contribution in [0.25, 0.3) is 0 Å². The van der Waals surface area contributed by atoms with E-state index in [1.165, 1.54) is 4.88 Å². The molecule has 2 atom stereocenters. The molecule has 108 valence electrons. The van der Waals surface area contributed by atoms with Gasteiger partial charge in [0, 0.05) is 22.4 Å². The van der Waals surface area contributed by atoms with E-state index in [1.807, 2.05) is 31.3 Å². The number of ether oxygens (including phenoxy) is 1. The Kier molecular flexibility index (Phi) is 5.90. The molecule has 5 heteroatoms. The standard InChI is InChI=1S/C15H17BrClNOS/c1-10(19-12-5-3-4-11(17)8-12)14(18-2)9-13-6-7-15(16)20-13/h3-8,10,14,18H,9H2,1-2H3. The summed E-state index contributed by atoms with van der Waals surface area (Å²) in [5, 5.41) is 4.02. The Morgan fingerprint density at radius 2 is 2.15 bits per heavy atom. The number of benzene rings is 1. The predicted molar refractivity (Wildman–Crippen MR) is 90.1 cm³/mol. The largest absolute Gasteiger partial charge is 0.489 e. The van der Waals surface area contributed by atoms with Crippen LogP contribution < -0.4 is 10.1 Å². The van der Waals surface area contributed by atoms with Gasteiger partial charge in [-0.15, -0.1) is 11.3 Å². The minimum Gasteiger partial charge on any atom is -0.489 e. The van der Waals surface area contributed by atoms with E-state index in [9.17, 15) is 0 Å². The van der Waals surface area contributed by atoms with Crippen LogP contribution in [-0.4, -0.2) is 19.2 Å². The fourth-order valence-corrected chi connectivity index (χ4v) is 3.74. The Balaban J connectivity index is 1.99. The molecule has 0 bridgehead atoms. The van der Waals surface area contributed by atoms with Gasteiger partial charge in [-0.3, -0.25) is 0 Å². The fourth-order valence-electron chi connectivity index (χ4n) is 2.02. The average molecular weight is 375 g/mol. The van der Waals surface area contributed by atoms with Crippen molar-refractivity contribution in [1.82, 2.24) is 5.32 Å². The maximum atomic E-state index is 5.98. The summed E-state index contributed by atoms with van der Waals surface area (Å²) in [6.07, 6.45) is 0.994. The highest BCUT2D eigenvalue weighted by molar-refractivity contribution is 9.11. The van der Waals surface area contributed by atoms with Crippen molar-refractivity contribution < 1.29 is 4.74 Å². The van der Waals surface area contributed by atoms with Crippen molar-refractivity contribution in [3.63, 3.8) is 0 Å². The molecule has 2 unspecified atom stereocenters. The van der Waals surface area contributed by atoms with Crippen LogP contribution in [0.5, 0.6) is 5.75 Å². The lowest BCUT2D eigenvalue weighted by atomic mass is 10.1. The maximum absolute atomic E-state index is 5.98. The molecule has 0 spiro atoms. The van der Waals surface area contributed by atoms with Gasteiger partial charge in [-0.05, 0) is 60.2 Å². The first-order chi connectivity index (χ1) is 9.58. The molecule has 0 amide bonds. The van der Waals surface area contributed by atoms with E-state index in [0.717, 1.165) is 16.0 Å². The quantitative estimate of drug-likeness (QED) is 0.787. The van der Waals surface area contributed by atoms with E-state index in [4.69, 9.17) is 16.3 Å². The van der Waals surface area contributed by atoms with Gasteiger partial charge in [0.1, 0.15) is 11.9 Å². The Labute approximate surface area is 137 Å². The Morgan fingerprint density at radius 1 is 1.35 bits per heavy atom. The topological polar surface area (TPSA) is 21.3 Å². The first-order valence-corrected chi connectivity index (χ1v) is 8.41. The summed E-state index contributed by atoms with van der Waals surface area (Å²) >= 11 is 11.2. The van der Waals surface area contributed by atoms with Gasteiger partial charge in [-0.2, -0.15) is 0 Å². The van der Waals surface area contributed by atoms with E-state index < -0.39 is 0 Å². The van der Waals surface area contributed by atoms with Crippen molar-refractivity contribution in [3.8, 4) is 5.75 Å². The molecule has 0 aliphatic carbocycles. The van der Waals surface area contributed by atoms with Gasteiger partial charge in [0.25, 0.3) is 0 Å². The van der Waals surface area contributed by atoms with Crippen molar-refractivity contribution in [3.05, 3.63) is 50.1 Å². The summed E-state index contributed by atoms with van der Waals surface area (Å²) in [6.45, 7) is 2.07. The van der Waals surface area contributed by atoms with Crippen LogP contribution in [0.15, 0.2) is 40.2 Å². The average Bonchev–Trinajstić information content (AvgIpc) is 2.81. The van der Waals surface area contributed by atoms with Gasteiger partial charge in [0.15, 0.2) is 0 Å². The van der Waals surface area contributed by atoms with E-state index in [0.29, 0.717) is 5.02 Å². The van der Waals surface area contributed by atoms with Crippen LogP contribution in [0.4, 0.5) is 0 Å². The third-order valence-electron chi connectivity index (χ3n) is 3.11. The minimum atomic E-state index is 0.0549. The minimum absolute atomic E-state index is 0.0549. The van der Waals surface area contributed by atoms with Crippen LogP contribution in [-0.2, 0) is 6.42 Å². The summed E-state index contributed by atoms with van der Waals surface area (Å²) in [6, 6.07) is 12.0. The van der Waals surface area contributed by atoms with Crippen molar-refractivity contribution in [2.45, 2.75) is 25.5 Å². The fraction of sp³-hybridized carbons (Fsp3) is 0.333. The Bertz CT molecular complexity index is 560. The summed E-state index contributed by atoms with van der Waals surface area (Å²) in [4.78, 5) is 1.33. The Hall–Kier alpha value is -0.550. The van der Waals surface area contributed by atoms with Crippen molar-refractivity contribution in [2.75, 3.05) is 7.05 Å². The number of halogens is 2. The summed E-state index contributed by atoms with van der Waals surface area (Å²) in [5.41, 5.74) is 0. The first kappa shape index (κ1) is 15.8. The predicted octanol–water partition coefficient (Wildman–Crippen LogP) is 4.76. The summed E-state index contributed by atoms with van der Waals surface area (Å²) < 4.78 is 7.13. The van der Waals surface area contributed by atoms with Crippen LogP contribution in [0.2, 0.25) is 5.02 Å². The number of nitrogens with one attached hydrogen (secondary N) is 1. The van der Waals surface area contributed by atoms with Crippen molar-refractivity contribution in [2.24, 2.45) is 0 Å². The van der Waals surface area contributed by atoms with Gasteiger partial charge in [-0.25, -0.2) is 0 Å². The van der Waals surface area contributed by atoms with Crippen LogP contribution in [0.3, 0.4) is 0 Å². The highest BCUT2D eigenvalue weighted by atomic mass is 79.9.